The number of aromatic amines is 1. The SMILES string of the molecule is NC(C(=O)O)c1ccc2nc(C3CCC3)[nH]c2c1. The monoisotopic (exact) mass is 245 g/mol. The third kappa shape index (κ3) is 1.76. The van der Waals surface area contributed by atoms with Gasteiger partial charge < -0.3 is 15.8 Å². The van der Waals surface area contributed by atoms with Crippen LogP contribution in [0.15, 0.2) is 18.2 Å². The first-order valence-corrected chi connectivity index (χ1v) is 6.13. The van der Waals surface area contributed by atoms with Crippen molar-refractivity contribution >= 4 is 17.0 Å². The van der Waals surface area contributed by atoms with Crippen LogP contribution >= 0.6 is 0 Å². The van der Waals surface area contributed by atoms with Crippen molar-refractivity contribution < 1.29 is 9.90 Å². The molecule has 0 bridgehead atoms. The molecule has 0 amide bonds. The summed E-state index contributed by atoms with van der Waals surface area (Å²) in [5.41, 5.74) is 7.94. The van der Waals surface area contributed by atoms with Crippen molar-refractivity contribution in [3.63, 3.8) is 0 Å². The van der Waals surface area contributed by atoms with E-state index in [0.29, 0.717) is 11.5 Å². The lowest BCUT2D eigenvalue weighted by Crippen LogP contribution is -2.20. The number of hydrogen-bond acceptors (Lipinski definition) is 3. The van der Waals surface area contributed by atoms with E-state index in [1.54, 1.807) is 12.1 Å². The zero-order valence-electron chi connectivity index (χ0n) is 9.89. The largest absolute Gasteiger partial charge is 0.480 e. The summed E-state index contributed by atoms with van der Waals surface area (Å²) in [7, 11) is 0. The van der Waals surface area contributed by atoms with E-state index >= 15 is 0 Å². The zero-order chi connectivity index (χ0) is 12.7. The van der Waals surface area contributed by atoms with E-state index in [1.165, 1.54) is 19.3 Å². The van der Waals surface area contributed by atoms with Gasteiger partial charge in [0, 0.05) is 5.92 Å². The van der Waals surface area contributed by atoms with E-state index in [9.17, 15) is 4.79 Å². The summed E-state index contributed by atoms with van der Waals surface area (Å²) >= 11 is 0. The van der Waals surface area contributed by atoms with Gasteiger partial charge in [-0.1, -0.05) is 12.5 Å². The van der Waals surface area contributed by atoms with Gasteiger partial charge in [-0.05, 0) is 30.5 Å². The van der Waals surface area contributed by atoms with Crippen LogP contribution in [0.1, 0.15) is 42.6 Å². The van der Waals surface area contributed by atoms with Crippen LogP contribution in [0.4, 0.5) is 0 Å². The summed E-state index contributed by atoms with van der Waals surface area (Å²) in [5.74, 6) is 0.527. The third-order valence-corrected chi connectivity index (χ3v) is 3.64. The fourth-order valence-electron chi connectivity index (χ4n) is 2.26. The number of nitrogens with two attached hydrogens (primary N) is 1. The van der Waals surface area contributed by atoms with Gasteiger partial charge >= 0.3 is 5.97 Å². The Hall–Kier alpha value is -1.88. The summed E-state index contributed by atoms with van der Waals surface area (Å²) in [6.45, 7) is 0. The molecule has 1 fully saturated rings. The normalized spacial score (nSPS) is 17.6. The molecule has 0 saturated heterocycles. The Labute approximate surface area is 104 Å². The molecule has 5 nitrogen and oxygen atoms in total. The van der Waals surface area contributed by atoms with Crippen LogP contribution in [0.25, 0.3) is 11.0 Å². The number of aromatic nitrogens is 2. The minimum Gasteiger partial charge on any atom is -0.480 e. The molecule has 1 aromatic heterocycles. The Morgan fingerprint density at radius 1 is 1.50 bits per heavy atom. The van der Waals surface area contributed by atoms with Gasteiger partial charge in [-0.3, -0.25) is 4.79 Å². The van der Waals surface area contributed by atoms with Gasteiger partial charge in [0.15, 0.2) is 0 Å². The number of hydrogen-bond donors (Lipinski definition) is 3. The lowest BCUT2D eigenvalue weighted by molar-refractivity contribution is -0.138. The molecular weight excluding hydrogens is 230 g/mol. The first-order valence-electron chi connectivity index (χ1n) is 6.13. The van der Waals surface area contributed by atoms with Crippen molar-refractivity contribution in [1.29, 1.82) is 0 Å². The Morgan fingerprint density at radius 3 is 2.89 bits per heavy atom. The number of aliphatic carboxylic acids is 1. The maximum atomic E-state index is 10.9. The van der Waals surface area contributed by atoms with Crippen LogP contribution in [-0.2, 0) is 4.79 Å². The molecule has 2 aromatic rings. The topological polar surface area (TPSA) is 92.0 Å². The highest BCUT2D eigenvalue weighted by atomic mass is 16.4. The smallest absolute Gasteiger partial charge is 0.325 e. The van der Waals surface area contributed by atoms with E-state index in [0.717, 1.165) is 16.9 Å². The van der Waals surface area contributed by atoms with Crippen molar-refractivity contribution in [2.75, 3.05) is 0 Å². The summed E-state index contributed by atoms with van der Waals surface area (Å²) < 4.78 is 0. The number of benzene rings is 1. The van der Waals surface area contributed by atoms with Gasteiger partial charge in [0.2, 0.25) is 0 Å². The number of H-pyrrole nitrogens is 1. The molecule has 1 unspecified atom stereocenters. The average Bonchev–Trinajstić information content (AvgIpc) is 2.67. The van der Waals surface area contributed by atoms with Crippen molar-refractivity contribution in [3.05, 3.63) is 29.6 Å². The van der Waals surface area contributed by atoms with Gasteiger partial charge in [0.05, 0.1) is 11.0 Å². The molecule has 3 rings (SSSR count). The molecule has 1 heterocycles. The van der Waals surface area contributed by atoms with Crippen LogP contribution in [0.5, 0.6) is 0 Å². The summed E-state index contributed by atoms with van der Waals surface area (Å²) in [4.78, 5) is 18.7. The van der Waals surface area contributed by atoms with Gasteiger partial charge in [-0.2, -0.15) is 0 Å². The highest BCUT2D eigenvalue weighted by molar-refractivity contribution is 5.80. The van der Waals surface area contributed by atoms with E-state index in [4.69, 9.17) is 10.8 Å². The number of carboxylic acid groups (broad SMARTS) is 1. The van der Waals surface area contributed by atoms with E-state index in [2.05, 4.69) is 9.97 Å². The van der Waals surface area contributed by atoms with Crippen molar-refractivity contribution in [2.24, 2.45) is 5.73 Å². The number of nitrogens with one attached hydrogen (secondary N) is 1. The Balaban J connectivity index is 1.98. The molecule has 1 atom stereocenters. The molecule has 0 radical (unpaired) electrons. The first kappa shape index (κ1) is 11.2. The zero-order valence-corrected chi connectivity index (χ0v) is 9.89. The van der Waals surface area contributed by atoms with Crippen LogP contribution < -0.4 is 5.73 Å². The third-order valence-electron chi connectivity index (χ3n) is 3.64. The molecule has 5 heteroatoms. The lowest BCUT2D eigenvalue weighted by Gasteiger charge is -2.22. The molecule has 1 saturated carbocycles. The standard InChI is InChI=1S/C13H15N3O2/c14-11(13(17)18)8-4-5-9-10(6-8)16-12(15-9)7-2-1-3-7/h4-7,11H,1-3,14H2,(H,15,16)(H,17,18). The number of rotatable bonds is 3. The number of fused-ring (bicyclic) bond motifs is 1. The number of imidazole rings is 1. The van der Waals surface area contributed by atoms with Crippen LogP contribution in [-0.4, -0.2) is 21.0 Å². The molecule has 0 spiro atoms. The molecule has 94 valence electrons. The van der Waals surface area contributed by atoms with Crippen molar-refractivity contribution in [1.82, 2.24) is 9.97 Å². The lowest BCUT2D eigenvalue weighted by atomic mass is 9.85. The van der Waals surface area contributed by atoms with E-state index in [-0.39, 0.29) is 0 Å². The van der Waals surface area contributed by atoms with Crippen LogP contribution in [0.3, 0.4) is 0 Å². The highest BCUT2D eigenvalue weighted by Crippen LogP contribution is 2.35. The van der Waals surface area contributed by atoms with Crippen LogP contribution in [0, 0.1) is 0 Å². The molecule has 1 aromatic carbocycles. The second-order valence-electron chi connectivity index (χ2n) is 4.84. The minimum absolute atomic E-state index is 0.536. The van der Waals surface area contributed by atoms with E-state index in [1.807, 2.05) is 6.07 Å². The van der Waals surface area contributed by atoms with Crippen LogP contribution in [0.2, 0.25) is 0 Å². The molecule has 0 aliphatic heterocycles. The number of carbonyl (C=O) groups is 1. The summed E-state index contributed by atoms with van der Waals surface area (Å²) in [5, 5.41) is 8.90. The fourth-order valence-corrected chi connectivity index (χ4v) is 2.26. The molecule has 1 aliphatic carbocycles. The summed E-state index contributed by atoms with van der Waals surface area (Å²) in [6, 6.07) is 4.35. The minimum atomic E-state index is -1.02. The van der Waals surface area contributed by atoms with Gasteiger partial charge in [-0.15, -0.1) is 0 Å². The Morgan fingerprint density at radius 2 is 2.28 bits per heavy atom. The highest BCUT2D eigenvalue weighted by Gasteiger charge is 2.23. The molecular formula is C13H15N3O2. The van der Waals surface area contributed by atoms with Crippen molar-refractivity contribution in [3.8, 4) is 0 Å². The van der Waals surface area contributed by atoms with Gasteiger partial charge in [0.1, 0.15) is 11.9 Å². The molecule has 4 N–H and O–H groups in total. The Bertz CT molecular complexity index is 601. The second kappa shape index (κ2) is 4.10. The van der Waals surface area contributed by atoms with Gasteiger partial charge in [0.25, 0.3) is 0 Å². The predicted molar refractivity (Wildman–Crippen MR) is 67.2 cm³/mol. The van der Waals surface area contributed by atoms with E-state index < -0.39 is 12.0 Å². The Kier molecular flexibility index (Phi) is 2.56. The molecule has 18 heavy (non-hydrogen) atoms. The summed E-state index contributed by atoms with van der Waals surface area (Å²) in [6.07, 6.45) is 3.62. The number of nitrogens with zero attached hydrogens (tertiary/aromatic N) is 1. The number of carboxylic acids is 1. The maximum Gasteiger partial charge on any atom is 0.325 e. The second-order valence-corrected chi connectivity index (χ2v) is 4.84. The van der Waals surface area contributed by atoms with Crippen molar-refractivity contribution in [2.45, 2.75) is 31.2 Å². The van der Waals surface area contributed by atoms with Gasteiger partial charge in [-0.25, -0.2) is 4.98 Å². The molecule has 1 aliphatic rings. The average molecular weight is 245 g/mol. The fraction of sp³-hybridized carbons (Fsp3) is 0.385. The maximum absolute atomic E-state index is 10.9. The quantitative estimate of drug-likeness (QED) is 0.770. The predicted octanol–water partition coefficient (Wildman–Crippen LogP) is 1.91. The first-order chi connectivity index (χ1) is 8.65.